The molecule has 26 heteroatoms. The smallest absolute Gasteiger partial charge is 0.407 e. The van der Waals surface area contributed by atoms with E-state index in [2.05, 4.69) is 51.5 Å². The average molecular weight is 1110 g/mol. The summed E-state index contributed by atoms with van der Waals surface area (Å²) in [6.45, 7) is 8.03. The van der Waals surface area contributed by atoms with Gasteiger partial charge < -0.3 is 71.5 Å². The normalized spacial score (nSPS) is 12.8. The number of rotatable bonds is 34. The van der Waals surface area contributed by atoms with Gasteiger partial charge in [0.25, 0.3) is 11.8 Å². The van der Waals surface area contributed by atoms with E-state index in [0.29, 0.717) is 59.3 Å². The zero-order valence-corrected chi connectivity index (χ0v) is 45.0. The van der Waals surface area contributed by atoms with Crippen molar-refractivity contribution in [3.8, 4) is 28.5 Å². The molecule has 0 radical (unpaired) electrons. The van der Waals surface area contributed by atoms with Crippen molar-refractivity contribution in [2.45, 2.75) is 65.3 Å². The van der Waals surface area contributed by atoms with Crippen molar-refractivity contribution in [3.05, 3.63) is 96.1 Å². The highest BCUT2D eigenvalue weighted by Crippen LogP contribution is 2.31. The summed E-state index contributed by atoms with van der Waals surface area (Å²) in [5, 5.41) is 13.4. The molecule has 0 spiro atoms. The SMILES string of the molecule is Cc1cccc(-c2nc(CN)[nH]c2-c2ccc3ncc(OCCNC(=O)OCc4ccc(NC(=O)[C@H](CCCNC(N)=O)NC(=O)C(NC(=O)CCOCCOCCOCCOCCN5C(=O)C=CC5=O)C(C)C)cc4)nc3c2)n1. The molecule has 10 N–H and O–H groups in total. The van der Waals surface area contributed by atoms with E-state index in [4.69, 9.17) is 39.9 Å². The Labute approximate surface area is 461 Å². The van der Waals surface area contributed by atoms with Crippen molar-refractivity contribution in [1.29, 1.82) is 0 Å². The number of aryl methyl sites for hydroxylation is 1. The highest BCUT2D eigenvalue weighted by molar-refractivity contribution is 6.12. The van der Waals surface area contributed by atoms with Gasteiger partial charge in [0, 0.05) is 42.1 Å². The zero-order chi connectivity index (χ0) is 57.2. The van der Waals surface area contributed by atoms with E-state index >= 15 is 0 Å². The molecule has 2 aromatic carbocycles. The number of aromatic nitrogens is 5. The molecular weight excluding hydrogens is 1040 g/mol. The lowest BCUT2D eigenvalue weighted by atomic mass is 10.0. The molecule has 26 nitrogen and oxygen atoms in total. The molecule has 0 aliphatic carbocycles. The maximum absolute atomic E-state index is 13.6. The number of benzene rings is 2. The number of carbonyl (C=O) groups excluding carboxylic acids is 7. The minimum atomic E-state index is -1.06. The van der Waals surface area contributed by atoms with E-state index in [1.807, 2.05) is 43.3 Å². The van der Waals surface area contributed by atoms with Gasteiger partial charge in [-0.1, -0.05) is 38.1 Å². The minimum absolute atomic E-state index is 0.0361. The van der Waals surface area contributed by atoms with Crippen molar-refractivity contribution in [1.82, 2.24) is 51.1 Å². The van der Waals surface area contributed by atoms with Gasteiger partial charge in [-0.2, -0.15) is 0 Å². The number of nitrogens with two attached hydrogens (primary N) is 2. The number of alkyl carbamates (subject to hydrolysis) is 1. The van der Waals surface area contributed by atoms with Gasteiger partial charge in [-0.15, -0.1) is 0 Å². The van der Waals surface area contributed by atoms with E-state index in [0.717, 1.165) is 21.9 Å². The number of amides is 8. The molecule has 6 rings (SSSR count). The number of nitrogens with one attached hydrogen (secondary N) is 6. The fraction of sp³-hybridized carbons (Fsp3) is 0.426. The van der Waals surface area contributed by atoms with Crippen molar-refractivity contribution in [2.24, 2.45) is 17.4 Å². The van der Waals surface area contributed by atoms with Gasteiger partial charge in [0.15, 0.2) is 0 Å². The molecule has 0 saturated carbocycles. The molecule has 0 saturated heterocycles. The summed E-state index contributed by atoms with van der Waals surface area (Å²) in [6, 6.07) is 15.1. The molecule has 4 heterocycles. The van der Waals surface area contributed by atoms with E-state index in [1.165, 1.54) is 18.3 Å². The molecule has 1 aliphatic rings. The quantitative estimate of drug-likeness (QED) is 0.0217. The molecule has 5 aromatic rings. The maximum Gasteiger partial charge on any atom is 0.407 e. The van der Waals surface area contributed by atoms with Crippen molar-refractivity contribution >= 4 is 58.4 Å². The van der Waals surface area contributed by atoms with Crippen molar-refractivity contribution in [2.75, 3.05) is 84.4 Å². The van der Waals surface area contributed by atoms with Gasteiger partial charge in [-0.25, -0.2) is 24.5 Å². The minimum Gasteiger partial charge on any atom is -0.475 e. The summed E-state index contributed by atoms with van der Waals surface area (Å²) in [6.07, 6.45) is 3.63. The molecule has 8 amide bonds. The average Bonchev–Trinajstić information content (AvgIpc) is 4.11. The third kappa shape index (κ3) is 19.8. The second-order valence-corrected chi connectivity index (χ2v) is 18.4. The number of nitrogens with zero attached hydrogens (tertiary/aromatic N) is 5. The van der Waals surface area contributed by atoms with Crippen LogP contribution in [0.4, 0.5) is 15.3 Å². The number of pyridine rings is 1. The second-order valence-electron chi connectivity index (χ2n) is 18.4. The predicted octanol–water partition coefficient (Wildman–Crippen LogP) is 2.55. The summed E-state index contributed by atoms with van der Waals surface area (Å²) in [5.74, 6) is -1.76. The number of primary amides is 1. The van der Waals surface area contributed by atoms with Crippen LogP contribution in [0.5, 0.6) is 5.88 Å². The van der Waals surface area contributed by atoms with Crippen molar-refractivity contribution in [3.63, 3.8) is 0 Å². The molecule has 0 fully saturated rings. The lowest BCUT2D eigenvalue weighted by Gasteiger charge is -2.25. The number of hydrogen-bond donors (Lipinski definition) is 8. The van der Waals surface area contributed by atoms with Crippen molar-refractivity contribution < 1.29 is 62.0 Å². The Balaban J connectivity index is 0.874. The molecule has 428 valence electrons. The number of imide groups is 1. The van der Waals surface area contributed by atoms with Crippen LogP contribution >= 0.6 is 0 Å². The summed E-state index contributed by atoms with van der Waals surface area (Å²) in [7, 11) is 0. The van der Waals surface area contributed by atoms with Gasteiger partial charge in [0.2, 0.25) is 23.6 Å². The monoisotopic (exact) mass is 1110 g/mol. The van der Waals surface area contributed by atoms with E-state index in [-0.39, 0.29) is 115 Å². The van der Waals surface area contributed by atoms with Crippen LogP contribution in [0.1, 0.15) is 50.2 Å². The van der Waals surface area contributed by atoms with Gasteiger partial charge in [0.1, 0.15) is 36.8 Å². The number of carbonyl (C=O) groups is 7. The number of hydrogen-bond acceptors (Lipinski definition) is 18. The van der Waals surface area contributed by atoms with Crippen LogP contribution in [0.15, 0.2) is 79.0 Å². The highest BCUT2D eigenvalue weighted by Gasteiger charge is 2.29. The zero-order valence-electron chi connectivity index (χ0n) is 45.0. The van der Waals surface area contributed by atoms with Gasteiger partial charge in [0.05, 0.1) is 101 Å². The highest BCUT2D eigenvalue weighted by atomic mass is 16.6. The summed E-state index contributed by atoms with van der Waals surface area (Å²) in [4.78, 5) is 110. The molecule has 80 heavy (non-hydrogen) atoms. The van der Waals surface area contributed by atoms with Crippen LogP contribution in [0.3, 0.4) is 0 Å². The number of ether oxygens (including phenoxy) is 6. The van der Waals surface area contributed by atoms with Crippen LogP contribution < -0.4 is 42.8 Å². The first kappa shape index (κ1) is 60.8. The first-order valence-electron chi connectivity index (χ1n) is 26.1. The van der Waals surface area contributed by atoms with E-state index < -0.39 is 41.9 Å². The summed E-state index contributed by atoms with van der Waals surface area (Å²) in [5.41, 5.74) is 17.2. The van der Waals surface area contributed by atoms with Crippen LogP contribution in [-0.2, 0) is 60.8 Å². The van der Waals surface area contributed by atoms with Crippen LogP contribution in [0.25, 0.3) is 33.7 Å². The molecule has 0 bridgehead atoms. The fourth-order valence-corrected chi connectivity index (χ4v) is 7.79. The van der Waals surface area contributed by atoms with Crippen LogP contribution in [-0.4, -0.2) is 163 Å². The Bertz CT molecular complexity index is 2900. The number of anilines is 1. The number of fused-ring (bicyclic) bond motifs is 1. The first-order valence-corrected chi connectivity index (χ1v) is 26.1. The van der Waals surface area contributed by atoms with Crippen LogP contribution in [0.2, 0.25) is 0 Å². The second kappa shape index (κ2) is 31.8. The molecule has 3 aromatic heterocycles. The molecule has 1 aliphatic heterocycles. The topological polar surface area (TPSA) is 358 Å². The Morgan fingerprint density at radius 1 is 0.750 bits per heavy atom. The third-order valence-corrected chi connectivity index (χ3v) is 11.9. The Kier molecular flexibility index (Phi) is 24.2. The molecular formula is C54H69N13O13. The standard InChI is InChI=1S/C54H69N13O13/c1-34(2)48(66-44(68)17-21-75-24-26-77-28-29-78-27-25-76-23-20-67-46(69)15-16-47(67)70)52(72)63-41(8-5-18-57-53(56)73)51(71)61-38-12-9-36(10-13-38)33-80-54(74)58-19-22-79-45-32-59-39-14-11-37(30-42(39)62-45)49-50(65-43(31-55)64-49)40-7-4-6-35(3)60-40/h4,6-7,9-16,30,32,34,41,48H,5,8,17-29,31,33,55H2,1-3H3,(H,58,74)(H,61,71)(H,63,72)(H,64,65)(H,66,68)(H3,56,57,73)/t41-,48?/m0/s1. The maximum atomic E-state index is 13.6. The van der Waals surface area contributed by atoms with Crippen LogP contribution in [0, 0.1) is 12.8 Å². The fourth-order valence-electron chi connectivity index (χ4n) is 7.79. The van der Waals surface area contributed by atoms with Gasteiger partial charge in [-0.05, 0) is 67.6 Å². The predicted molar refractivity (Wildman–Crippen MR) is 291 cm³/mol. The van der Waals surface area contributed by atoms with E-state index in [9.17, 15) is 33.6 Å². The third-order valence-electron chi connectivity index (χ3n) is 11.9. The lowest BCUT2D eigenvalue weighted by molar-refractivity contribution is -0.137. The number of aromatic amines is 1. The Morgan fingerprint density at radius 3 is 2.12 bits per heavy atom. The van der Waals surface area contributed by atoms with Gasteiger partial charge >= 0.3 is 12.1 Å². The summed E-state index contributed by atoms with van der Waals surface area (Å²) >= 11 is 0. The number of urea groups is 1. The Hall–Kier alpha value is -8.43. The number of H-pyrrole nitrogens is 1. The summed E-state index contributed by atoms with van der Waals surface area (Å²) < 4.78 is 33.0. The van der Waals surface area contributed by atoms with Gasteiger partial charge in [-0.3, -0.25) is 33.9 Å². The first-order chi connectivity index (χ1) is 38.7. The lowest BCUT2D eigenvalue weighted by Crippen LogP contribution is -2.54. The molecule has 1 unspecified atom stereocenters. The Morgan fingerprint density at radius 2 is 1.45 bits per heavy atom. The molecule has 2 atom stereocenters. The number of imidazole rings is 1. The van der Waals surface area contributed by atoms with E-state index in [1.54, 1.807) is 38.1 Å². The largest absolute Gasteiger partial charge is 0.475 e.